The van der Waals surface area contributed by atoms with Gasteiger partial charge in [-0.05, 0) is 25.2 Å². The molecule has 1 amide bonds. The number of aromatic nitrogens is 2. The van der Waals surface area contributed by atoms with E-state index >= 15 is 0 Å². The molecule has 8 heteroatoms. The van der Waals surface area contributed by atoms with Crippen LogP contribution in [0.3, 0.4) is 0 Å². The Balaban J connectivity index is 1.58. The lowest BCUT2D eigenvalue weighted by molar-refractivity contribution is 0.0777. The second-order valence-corrected chi connectivity index (χ2v) is 9.09. The molecule has 0 bridgehead atoms. The molecule has 1 atom stereocenters. The van der Waals surface area contributed by atoms with E-state index in [0.29, 0.717) is 36.7 Å². The van der Waals surface area contributed by atoms with E-state index in [1.54, 1.807) is 22.0 Å². The fourth-order valence-electron chi connectivity index (χ4n) is 4.58. The van der Waals surface area contributed by atoms with Crippen LogP contribution in [0.4, 0.5) is 0 Å². The first kappa shape index (κ1) is 21.8. The normalized spacial score (nSPS) is 19.0. The Hall–Kier alpha value is -2.45. The molecular weight excluding hydrogens is 412 g/mol. The van der Waals surface area contributed by atoms with Gasteiger partial charge in [0.1, 0.15) is 11.3 Å². The van der Waals surface area contributed by atoms with E-state index in [1.807, 2.05) is 5.38 Å². The lowest BCUT2D eigenvalue weighted by atomic mass is 9.94. The van der Waals surface area contributed by atoms with Gasteiger partial charge in [0, 0.05) is 56.8 Å². The van der Waals surface area contributed by atoms with Gasteiger partial charge in [0.05, 0.1) is 24.9 Å². The number of methoxy groups -OCH3 is 1. The summed E-state index contributed by atoms with van der Waals surface area (Å²) in [7, 11) is 3.28. The maximum atomic E-state index is 13.4. The smallest absolute Gasteiger partial charge is 0.259 e. The second-order valence-electron chi connectivity index (χ2n) is 8.37. The fourth-order valence-corrected chi connectivity index (χ4v) is 5.13. The number of fused-ring (bicyclic) bond motifs is 1. The number of amides is 1. The van der Waals surface area contributed by atoms with Crippen molar-refractivity contribution < 1.29 is 9.53 Å². The molecule has 4 rings (SSSR count). The number of nitrogens with zero attached hydrogens (tertiary/aromatic N) is 4. The zero-order chi connectivity index (χ0) is 21.8. The third-order valence-electron chi connectivity index (χ3n) is 6.24. The highest BCUT2D eigenvalue weighted by molar-refractivity contribution is 7.07. The Morgan fingerprint density at radius 2 is 2.19 bits per heavy atom. The van der Waals surface area contributed by atoms with Gasteiger partial charge in [0.15, 0.2) is 0 Å². The minimum absolute atomic E-state index is 0.104. The molecule has 2 aromatic heterocycles. The number of carbonyl (C=O) groups is 1. The van der Waals surface area contributed by atoms with Gasteiger partial charge in [0.2, 0.25) is 0 Å². The number of carbonyl (C=O) groups excluding carboxylic acids is 1. The zero-order valence-corrected chi connectivity index (χ0v) is 19.1. The van der Waals surface area contributed by atoms with Gasteiger partial charge in [-0.15, -0.1) is 11.3 Å². The van der Waals surface area contributed by atoms with Crippen LogP contribution in [0.5, 0.6) is 5.75 Å². The molecule has 0 fully saturated rings. The van der Waals surface area contributed by atoms with Crippen molar-refractivity contribution in [3.8, 4) is 5.75 Å². The SMILES string of the molecule is COc1cc(=O)n2c(c1C(=O)N(C)Cc1cscn1)CCN(CC1CC=CCC1)CC2. The third-order valence-corrected chi connectivity index (χ3v) is 6.88. The largest absolute Gasteiger partial charge is 0.496 e. The predicted octanol–water partition coefficient (Wildman–Crippen LogP) is 2.80. The van der Waals surface area contributed by atoms with Crippen LogP contribution in [-0.2, 0) is 19.5 Å². The van der Waals surface area contributed by atoms with Gasteiger partial charge in [-0.3, -0.25) is 9.59 Å². The number of rotatable bonds is 6. The average molecular weight is 443 g/mol. The van der Waals surface area contributed by atoms with Crippen LogP contribution in [0.1, 0.15) is 41.0 Å². The van der Waals surface area contributed by atoms with E-state index in [-0.39, 0.29) is 11.5 Å². The van der Waals surface area contributed by atoms with Crippen LogP contribution in [-0.4, -0.2) is 59.0 Å². The molecule has 0 N–H and O–H groups in total. The van der Waals surface area contributed by atoms with E-state index in [1.165, 1.54) is 30.9 Å². The number of ether oxygens (including phenoxy) is 1. The minimum atomic E-state index is -0.139. The Kier molecular flexibility index (Phi) is 6.87. The van der Waals surface area contributed by atoms with Crippen LogP contribution >= 0.6 is 11.3 Å². The van der Waals surface area contributed by atoms with Crippen LogP contribution in [0.15, 0.2) is 33.9 Å². The number of allylic oxidation sites excluding steroid dienone is 2. The van der Waals surface area contributed by atoms with Gasteiger partial charge < -0.3 is 19.1 Å². The highest BCUT2D eigenvalue weighted by Gasteiger charge is 2.28. The van der Waals surface area contributed by atoms with Crippen molar-refractivity contribution in [3.63, 3.8) is 0 Å². The van der Waals surface area contributed by atoms with Gasteiger partial charge in [-0.1, -0.05) is 12.2 Å². The Labute approximate surface area is 187 Å². The maximum Gasteiger partial charge on any atom is 0.259 e. The lowest BCUT2D eigenvalue weighted by Crippen LogP contribution is -2.33. The Morgan fingerprint density at radius 3 is 2.90 bits per heavy atom. The molecule has 0 aromatic carbocycles. The molecule has 1 aliphatic carbocycles. The van der Waals surface area contributed by atoms with Gasteiger partial charge in [-0.2, -0.15) is 0 Å². The van der Waals surface area contributed by atoms with Crippen LogP contribution in [0.25, 0.3) is 0 Å². The number of pyridine rings is 1. The van der Waals surface area contributed by atoms with Crippen molar-refractivity contribution in [1.29, 1.82) is 0 Å². The summed E-state index contributed by atoms with van der Waals surface area (Å²) >= 11 is 1.51. The minimum Gasteiger partial charge on any atom is -0.496 e. The standard InChI is InChI=1S/C23H30N4O3S/c1-25(14-18-15-31-16-24-18)23(29)22-19-8-9-26(13-17-6-4-3-5-7-17)10-11-27(19)21(28)12-20(22)30-2/h3-4,12,15-17H,5-11,13-14H2,1-2H3. The summed E-state index contributed by atoms with van der Waals surface area (Å²) in [6.07, 6.45) is 8.70. The molecule has 0 saturated heterocycles. The second kappa shape index (κ2) is 9.78. The maximum absolute atomic E-state index is 13.4. The molecule has 0 radical (unpaired) electrons. The van der Waals surface area contributed by atoms with Gasteiger partial charge in [0.25, 0.3) is 11.5 Å². The summed E-state index contributed by atoms with van der Waals surface area (Å²) in [5.74, 6) is 0.888. The van der Waals surface area contributed by atoms with Gasteiger partial charge >= 0.3 is 0 Å². The first-order chi connectivity index (χ1) is 15.1. The molecule has 31 heavy (non-hydrogen) atoms. The quantitative estimate of drug-likeness (QED) is 0.644. The third kappa shape index (κ3) is 4.91. The lowest BCUT2D eigenvalue weighted by Gasteiger charge is -2.26. The topological polar surface area (TPSA) is 67.7 Å². The zero-order valence-electron chi connectivity index (χ0n) is 18.2. The molecule has 2 aliphatic rings. The summed E-state index contributed by atoms with van der Waals surface area (Å²) < 4.78 is 7.26. The van der Waals surface area contributed by atoms with E-state index in [0.717, 1.165) is 43.9 Å². The monoisotopic (exact) mass is 442 g/mol. The molecular formula is C23H30N4O3S. The number of hydrogen-bond donors (Lipinski definition) is 0. The summed E-state index contributed by atoms with van der Waals surface area (Å²) in [6.45, 7) is 3.71. The summed E-state index contributed by atoms with van der Waals surface area (Å²) in [6, 6.07) is 1.45. The van der Waals surface area contributed by atoms with Crippen molar-refractivity contribution >= 4 is 17.2 Å². The Bertz CT molecular complexity index is 999. The summed E-state index contributed by atoms with van der Waals surface area (Å²) in [5.41, 5.74) is 3.80. The van der Waals surface area contributed by atoms with Crippen molar-refractivity contribution in [1.82, 2.24) is 19.4 Å². The molecule has 166 valence electrons. The molecule has 7 nitrogen and oxygen atoms in total. The average Bonchev–Trinajstić information content (AvgIpc) is 3.20. The molecule has 2 aromatic rings. The highest BCUT2D eigenvalue weighted by Crippen LogP contribution is 2.26. The van der Waals surface area contributed by atoms with Crippen molar-refractivity contribution in [2.75, 3.05) is 33.8 Å². The Morgan fingerprint density at radius 1 is 1.32 bits per heavy atom. The van der Waals surface area contributed by atoms with Gasteiger partial charge in [-0.25, -0.2) is 4.98 Å². The molecule has 0 saturated carbocycles. The predicted molar refractivity (Wildman–Crippen MR) is 122 cm³/mol. The van der Waals surface area contributed by atoms with E-state index < -0.39 is 0 Å². The fraction of sp³-hybridized carbons (Fsp3) is 0.522. The van der Waals surface area contributed by atoms with Crippen molar-refractivity contribution in [2.24, 2.45) is 5.92 Å². The number of thiazole rings is 1. The van der Waals surface area contributed by atoms with E-state index in [4.69, 9.17) is 4.74 Å². The van der Waals surface area contributed by atoms with Crippen molar-refractivity contribution in [2.45, 2.75) is 38.8 Å². The van der Waals surface area contributed by atoms with E-state index in [9.17, 15) is 9.59 Å². The van der Waals surface area contributed by atoms with Crippen LogP contribution in [0.2, 0.25) is 0 Å². The van der Waals surface area contributed by atoms with E-state index in [2.05, 4.69) is 22.0 Å². The summed E-state index contributed by atoms with van der Waals surface area (Å²) in [5, 5.41) is 1.94. The summed E-state index contributed by atoms with van der Waals surface area (Å²) in [4.78, 5) is 34.6. The molecule has 3 heterocycles. The highest BCUT2D eigenvalue weighted by atomic mass is 32.1. The van der Waals surface area contributed by atoms with Crippen LogP contribution < -0.4 is 10.3 Å². The number of hydrogen-bond acceptors (Lipinski definition) is 6. The molecule has 1 aliphatic heterocycles. The first-order valence-electron chi connectivity index (χ1n) is 10.9. The first-order valence-corrected chi connectivity index (χ1v) is 11.8. The molecule has 0 spiro atoms. The molecule has 1 unspecified atom stereocenters. The van der Waals surface area contributed by atoms with Crippen LogP contribution in [0, 0.1) is 5.92 Å². The van der Waals surface area contributed by atoms with Crippen molar-refractivity contribution in [3.05, 3.63) is 56.4 Å².